The van der Waals surface area contributed by atoms with Crippen LogP contribution in [0, 0.1) is 0 Å². The SMILES string of the molecule is O=C(Cn1ccnn1)Nc1ccccc1CO. The fourth-order valence-electron chi connectivity index (χ4n) is 1.43. The number of amides is 1. The molecule has 2 N–H and O–H groups in total. The van der Waals surface area contributed by atoms with E-state index in [2.05, 4.69) is 15.6 Å². The van der Waals surface area contributed by atoms with Crippen molar-refractivity contribution in [3.63, 3.8) is 0 Å². The predicted molar refractivity (Wildman–Crippen MR) is 61.0 cm³/mol. The Balaban J connectivity index is 2.03. The van der Waals surface area contributed by atoms with E-state index in [0.717, 1.165) is 0 Å². The largest absolute Gasteiger partial charge is 0.392 e. The van der Waals surface area contributed by atoms with Gasteiger partial charge in [-0.25, -0.2) is 4.68 Å². The molecule has 2 rings (SSSR count). The van der Waals surface area contributed by atoms with Crippen LogP contribution in [0.25, 0.3) is 0 Å². The summed E-state index contributed by atoms with van der Waals surface area (Å²) < 4.78 is 1.43. The molecule has 0 atom stereocenters. The third-order valence-electron chi connectivity index (χ3n) is 2.24. The van der Waals surface area contributed by atoms with E-state index in [-0.39, 0.29) is 19.1 Å². The summed E-state index contributed by atoms with van der Waals surface area (Å²) in [5.41, 5.74) is 1.29. The molecule has 0 aliphatic heterocycles. The van der Waals surface area contributed by atoms with Crippen molar-refractivity contribution in [1.82, 2.24) is 15.0 Å². The number of para-hydroxylation sites is 1. The number of hydrogen-bond acceptors (Lipinski definition) is 4. The highest BCUT2D eigenvalue weighted by atomic mass is 16.3. The monoisotopic (exact) mass is 232 g/mol. The first-order valence-electron chi connectivity index (χ1n) is 5.12. The highest BCUT2D eigenvalue weighted by molar-refractivity contribution is 5.91. The van der Waals surface area contributed by atoms with Gasteiger partial charge in [-0.15, -0.1) is 5.10 Å². The van der Waals surface area contributed by atoms with Gasteiger partial charge in [0.1, 0.15) is 6.54 Å². The maximum atomic E-state index is 11.7. The highest BCUT2D eigenvalue weighted by Gasteiger charge is 2.06. The zero-order valence-corrected chi connectivity index (χ0v) is 9.08. The number of hydrogen-bond donors (Lipinski definition) is 2. The van der Waals surface area contributed by atoms with E-state index in [1.165, 1.54) is 10.9 Å². The standard InChI is InChI=1S/C11H12N4O2/c16-8-9-3-1-2-4-10(9)13-11(17)7-15-6-5-12-14-15/h1-6,16H,7-8H2,(H,13,17). The van der Waals surface area contributed by atoms with Gasteiger partial charge in [0.2, 0.25) is 5.91 Å². The molecule has 88 valence electrons. The summed E-state index contributed by atoms with van der Waals surface area (Å²) >= 11 is 0. The molecular formula is C11H12N4O2. The average Bonchev–Trinajstić information content (AvgIpc) is 2.82. The highest BCUT2D eigenvalue weighted by Crippen LogP contribution is 2.14. The van der Waals surface area contributed by atoms with Crippen LogP contribution in [0.15, 0.2) is 36.7 Å². The molecule has 2 aromatic rings. The summed E-state index contributed by atoms with van der Waals surface area (Å²) in [6.45, 7) is -0.0143. The van der Waals surface area contributed by atoms with Crippen LogP contribution in [0.1, 0.15) is 5.56 Å². The second-order valence-electron chi connectivity index (χ2n) is 3.46. The Morgan fingerprint density at radius 2 is 2.24 bits per heavy atom. The predicted octanol–water partition coefficient (Wildman–Crippen LogP) is 0.409. The van der Waals surface area contributed by atoms with Crippen molar-refractivity contribution in [2.45, 2.75) is 13.2 Å². The van der Waals surface area contributed by atoms with E-state index < -0.39 is 0 Å². The molecule has 17 heavy (non-hydrogen) atoms. The van der Waals surface area contributed by atoms with Crippen LogP contribution in [-0.2, 0) is 17.9 Å². The van der Waals surface area contributed by atoms with Gasteiger partial charge < -0.3 is 10.4 Å². The minimum atomic E-state index is -0.212. The lowest BCUT2D eigenvalue weighted by atomic mass is 10.2. The molecule has 6 nitrogen and oxygen atoms in total. The fraction of sp³-hybridized carbons (Fsp3) is 0.182. The van der Waals surface area contributed by atoms with Gasteiger partial charge in [0.15, 0.2) is 0 Å². The molecular weight excluding hydrogens is 220 g/mol. The molecule has 0 aliphatic rings. The van der Waals surface area contributed by atoms with E-state index in [9.17, 15) is 4.79 Å². The molecule has 0 saturated heterocycles. The molecule has 1 heterocycles. The van der Waals surface area contributed by atoms with Gasteiger partial charge in [-0.1, -0.05) is 23.4 Å². The zero-order valence-electron chi connectivity index (χ0n) is 9.08. The number of nitrogens with zero attached hydrogens (tertiary/aromatic N) is 3. The summed E-state index contributed by atoms with van der Waals surface area (Å²) in [6.07, 6.45) is 3.12. The number of anilines is 1. The summed E-state index contributed by atoms with van der Waals surface area (Å²) in [5.74, 6) is -0.212. The molecule has 0 fully saturated rings. The number of benzene rings is 1. The number of aromatic nitrogens is 3. The van der Waals surface area contributed by atoms with Crippen LogP contribution in [0.4, 0.5) is 5.69 Å². The first-order chi connectivity index (χ1) is 8.29. The molecule has 0 aliphatic carbocycles. The summed E-state index contributed by atoms with van der Waals surface area (Å²) in [7, 11) is 0. The van der Waals surface area contributed by atoms with Gasteiger partial charge in [0.05, 0.1) is 12.8 Å². The topological polar surface area (TPSA) is 80.0 Å². The molecule has 1 aromatic heterocycles. The third-order valence-corrected chi connectivity index (χ3v) is 2.24. The van der Waals surface area contributed by atoms with E-state index in [4.69, 9.17) is 5.11 Å². The number of nitrogens with one attached hydrogen (secondary N) is 1. The van der Waals surface area contributed by atoms with Crippen molar-refractivity contribution in [3.8, 4) is 0 Å². The summed E-state index contributed by atoms with van der Waals surface area (Å²) in [5, 5.41) is 19.1. The minimum absolute atomic E-state index is 0.0970. The normalized spacial score (nSPS) is 10.2. The fourth-order valence-corrected chi connectivity index (χ4v) is 1.43. The molecule has 0 spiro atoms. The second-order valence-corrected chi connectivity index (χ2v) is 3.46. The number of aliphatic hydroxyl groups is 1. The number of rotatable bonds is 4. The maximum absolute atomic E-state index is 11.7. The van der Waals surface area contributed by atoms with Gasteiger partial charge in [-0.3, -0.25) is 4.79 Å². The smallest absolute Gasteiger partial charge is 0.246 e. The zero-order chi connectivity index (χ0) is 12.1. The molecule has 1 aromatic carbocycles. The van der Waals surface area contributed by atoms with Crippen molar-refractivity contribution in [1.29, 1.82) is 0 Å². The van der Waals surface area contributed by atoms with Crippen molar-refractivity contribution in [2.75, 3.05) is 5.32 Å². The Labute approximate surface area is 97.9 Å². The van der Waals surface area contributed by atoms with Gasteiger partial charge in [0.25, 0.3) is 0 Å². The summed E-state index contributed by atoms with van der Waals surface area (Å²) in [4.78, 5) is 11.7. The molecule has 1 amide bonds. The van der Waals surface area contributed by atoms with Crippen LogP contribution in [-0.4, -0.2) is 26.0 Å². The number of aliphatic hydroxyl groups excluding tert-OH is 1. The van der Waals surface area contributed by atoms with Crippen molar-refractivity contribution in [2.24, 2.45) is 0 Å². The van der Waals surface area contributed by atoms with E-state index in [0.29, 0.717) is 11.3 Å². The maximum Gasteiger partial charge on any atom is 0.246 e. The van der Waals surface area contributed by atoms with E-state index >= 15 is 0 Å². The van der Waals surface area contributed by atoms with Gasteiger partial charge in [-0.05, 0) is 6.07 Å². The molecule has 0 saturated carbocycles. The Bertz CT molecular complexity index is 496. The Kier molecular flexibility index (Phi) is 3.46. The lowest BCUT2D eigenvalue weighted by molar-refractivity contribution is -0.116. The van der Waals surface area contributed by atoms with Crippen LogP contribution in [0.5, 0.6) is 0 Å². The first kappa shape index (κ1) is 11.3. The minimum Gasteiger partial charge on any atom is -0.392 e. The number of carbonyl (C=O) groups excluding carboxylic acids is 1. The lowest BCUT2D eigenvalue weighted by Crippen LogP contribution is -2.19. The first-order valence-corrected chi connectivity index (χ1v) is 5.12. The Hall–Kier alpha value is -2.21. The van der Waals surface area contributed by atoms with Crippen molar-refractivity contribution >= 4 is 11.6 Å². The quantitative estimate of drug-likeness (QED) is 0.800. The van der Waals surface area contributed by atoms with Gasteiger partial charge in [-0.2, -0.15) is 0 Å². The summed E-state index contributed by atoms with van der Waals surface area (Å²) in [6, 6.07) is 7.10. The van der Waals surface area contributed by atoms with Crippen LogP contribution < -0.4 is 5.32 Å². The van der Waals surface area contributed by atoms with Crippen LogP contribution >= 0.6 is 0 Å². The van der Waals surface area contributed by atoms with E-state index in [1.807, 2.05) is 0 Å². The Morgan fingerprint density at radius 3 is 2.94 bits per heavy atom. The van der Waals surface area contributed by atoms with Crippen molar-refractivity contribution in [3.05, 3.63) is 42.2 Å². The van der Waals surface area contributed by atoms with Gasteiger partial charge >= 0.3 is 0 Å². The van der Waals surface area contributed by atoms with Gasteiger partial charge in [0, 0.05) is 17.4 Å². The second kappa shape index (κ2) is 5.22. The average molecular weight is 232 g/mol. The van der Waals surface area contributed by atoms with Crippen LogP contribution in [0.2, 0.25) is 0 Å². The lowest BCUT2D eigenvalue weighted by Gasteiger charge is -2.08. The molecule has 0 unspecified atom stereocenters. The van der Waals surface area contributed by atoms with Crippen LogP contribution in [0.3, 0.4) is 0 Å². The molecule has 0 radical (unpaired) electrons. The molecule has 0 bridgehead atoms. The third kappa shape index (κ3) is 2.88. The Morgan fingerprint density at radius 1 is 1.41 bits per heavy atom. The van der Waals surface area contributed by atoms with Crippen molar-refractivity contribution < 1.29 is 9.90 Å². The van der Waals surface area contributed by atoms with E-state index in [1.54, 1.807) is 30.5 Å². The molecule has 6 heteroatoms. The number of carbonyl (C=O) groups is 1.